The first-order valence-electron chi connectivity index (χ1n) is 9.18. The Balaban J connectivity index is 1.77. The first kappa shape index (κ1) is 16.9. The monoisotopic (exact) mass is 356 g/mol. The molecule has 2 N–H and O–H groups in total. The third kappa shape index (κ3) is 2.92. The quantitative estimate of drug-likeness (QED) is 0.880. The van der Waals surface area contributed by atoms with Crippen LogP contribution in [-0.2, 0) is 6.54 Å². The molecule has 7 nitrogen and oxygen atoms in total. The van der Waals surface area contributed by atoms with Gasteiger partial charge in [-0.2, -0.15) is 0 Å². The van der Waals surface area contributed by atoms with Gasteiger partial charge >= 0.3 is 5.69 Å². The Kier molecular flexibility index (Phi) is 4.55. The first-order chi connectivity index (χ1) is 12.7. The molecule has 26 heavy (non-hydrogen) atoms. The molecule has 138 valence electrons. The second-order valence-corrected chi connectivity index (χ2v) is 6.97. The fraction of sp³-hybridized carbons (Fsp3) is 0.474. The largest absolute Gasteiger partial charge is 0.495 e. The maximum Gasteiger partial charge on any atom is 0.334 e. The summed E-state index contributed by atoms with van der Waals surface area (Å²) in [5, 5.41) is 3.32. The number of nitrogens with zero attached hydrogens (tertiary/aromatic N) is 2. The Labute approximate surface area is 151 Å². The molecule has 0 bridgehead atoms. The fourth-order valence-corrected chi connectivity index (χ4v) is 4.09. The van der Waals surface area contributed by atoms with Crippen LogP contribution in [0.1, 0.15) is 37.7 Å². The molecule has 0 saturated heterocycles. The molecule has 4 rings (SSSR count). The number of hydrogen-bond donors (Lipinski definition) is 2. The zero-order valence-electron chi connectivity index (χ0n) is 15.0. The average Bonchev–Trinajstić information content (AvgIpc) is 2.69. The van der Waals surface area contributed by atoms with Gasteiger partial charge in [0, 0.05) is 12.6 Å². The Morgan fingerprint density at radius 3 is 2.65 bits per heavy atom. The molecule has 1 aromatic carbocycles. The summed E-state index contributed by atoms with van der Waals surface area (Å²) in [6.07, 6.45) is 6.11. The number of anilines is 1. The first-order valence-corrected chi connectivity index (χ1v) is 9.18. The van der Waals surface area contributed by atoms with E-state index in [2.05, 4.69) is 15.2 Å². The summed E-state index contributed by atoms with van der Waals surface area (Å²) in [4.78, 5) is 29.8. The van der Waals surface area contributed by atoms with Crippen LogP contribution in [0.4, 0.5) is 5.82 Å². The minimum absolute atomic E-state index is 0.316. The Hall–Kier alpha value is -2.54. The Morgan fingerprint density at radius 1 is 1.12 bits per heavy atom. The van der Waals surface area contributed by atoms with Crippen molar-refractivity contribution < 1.29 is 4.74 Å². The van der Waals surface area contributed by atoms with Gasteiger partial charge in [-0.25, -0.2) is 9.36 Å². The third-order valence-electron chi connectivity index (χ3n) is 5.44. The van der Waals surface area contributed by atoms with Gasteiger partial charge in [-0.15, -0.1) is 0 Å². The molecule has 0 radical (unpaired) electrons. The molecule has 7 heteroatoms. The van der Waals surface area contributed by atoms with Crippen LogP contribution in [0.25, 0.3) is 5.69 Å². The number of H-pyrrole nitrogens is 1. The van der Waals surface area contributed by atoms with Gasteiger partial charge in [0.1, 0.15) is 11.6 Å². The minimum Gasteiger partial charge on any atom is -0.495 e. The van der Waals surface area contributed by atoms with E-state index in [0.717, 1.165) is 0 Å². The van der Waals surface area contributed by atoms with Gasteiger partial charge in [0.2, 0.25) is 0 Å². The van der Waals surface area contributed by atoms with E-state index in [-0.39, 0.29) is 5.56 Å². The molecular formula is C19H24N4O3. The van der Waals surface area contributed by atoms with Crippen LogP contribution in [0.15, 0.2) is 33.9 Å². The Morgan fingerprint density at radius 2 is 1.88 bits per heavy atom. The molecule has 2 heterocycles. The maximum absolute atomic E-state index is 12.6. The van der Waals surface area contributed by atoms with Crippen LogP contribution in [-0.4, -0.2) is 34.3 Å². The lowest BCUT2D eigenvalue weighted by molar-refractivity contribution is 0.152. The van der Waals surface area contributed by atoms with Crippen molar-refractivity contribution in [1.82, 2.24) is 14.5 Å². The lowest BCUT2D eigenvalue weighted by Gasteiger charge is -2.38. The molecule has 1 aliphatic carbocycles. The standard InChI is InChI=1S/C19H24N4O3/c1-26-16-10-6-5-9-15(16)23-17-14(18(24)21-19(23)25)11-22(12-20-17)13-7-3-2-4-8-13/h5-6,9-10,13,20H,2-4,7-8,11-12H2,1H3,(H,21,24,25). The van der Waals surface area contributed by atoms with Gasteiger partial charge in [-0.1, -0.05) is 31.4 Å². The van der Waals surface area contributed by atoms with Crippen molar-refractivity contribution >= 4 is 5.82 Å². The van der Waals surface area contributed by atoms with Crippen LogP contribution in [0.3, 0.4) is 0 Å². The molecule has 1 aliphatic heterocycles. The lowest BCUT2D eigenvalue weighted by Crippen LogP contribution is -2.47. The predicted molar refractivity (Wildman–Crippen MR) is 100 cm³/mol. The summed E-state index contributed by atoms with van der Waals surface area (Å²) in [5.74, 6) is 1.15. The van der Waals surface area contributed by atoms with Crippen molar-refractivity contribution in [3.05, 3.63) is 50.7 Å². The topological polar surface area (TPSA) is 79.4 Å². The number of benzene rings is 1. The van der Waals surface area contributed by atoms with Crippen molar-refractivity contribution in [3.8, 4) is 11.4 Å². The van der Waals surface area contributed by atoms with Crippen LogP contribution in [0.2, 0.25) is 0 Å². The van der Waals surface area contributed by atoms with Gasteiger partial charge in [0.05, 0.1) is 25.0 Å². The van der Waals surface area contributed by atoms with E-state index in [1.807, 2.05) is 18.2 Å². The number of aromatic nitrogens is 2. The van der Waals surface area contributed by atoms with Gasteiger partial charge in [0.25, 0.3) is 5.56 Å². The summed E-state index contributed by atoms with van der Waals surface area (Å²) >= 11 is 0. The second kappa shape index (κ2) is 6.99. The molecule has 1 fully saturated rings. The summed E-state index contributed by atoms with van der Waals surface area (Å²) < 4.78 is 6.91. The minimum atomic E-state index is -0.461. The smallest absolute Gasteiger partial charge is 0.334 e. The van der Waals surface area contributed by atoms with Crippen LogP contribution in [0.5, 0.6) is 5.75 Å². The molecule has 0 unspecified atom stereocenters. The van der Waals surface area contributed by atoms with Crippen molar-refractivity contribution in [2.75, 3.05) is 19.1 Å². The van der Waals surface area contributed by atoms with E-state index < -0.39 is 5.69 Å². The number of rotatable bonds is 3. The van der Waals surface area contributed by atoms with Crippen molar-refractivity contribution in [2.45, 2.75) is 44.7 Å². The molecule has 0 spiro atoms. The highest BCUT2D eigenvalue weighted by Gasteiger charge is 2.29. The van der Waals surface area contributed by atoms with E-state index in [1.54, 1.807) is 13.2 Å². The summed E-state index contributed by atoms with van der Waals surface area (Å²) in [7, 11) is 1.57. The fourth-order valence-electron chi connectivity index (χ4n) is 4.09. The molecule has 1 saturated carbocycles. The van der Waals surface area contributed by atoms with Gasteiger partial charge in [-0.3, -0.25) is 14.7 Å². The summed E-state index contributed by atoms with van der Waals surface area (Å²) in [6, 6.07) is 7.81. The molecule has 0 atom stereocenters. The second-order valence-electron chi connectivity index (χ2n) is 6.97. The average molecular weight is 356 g/mol. The van der Waals surface area contributed by atoms with Crippen molar-refractivity contribution in [1.29, 1.82) is 0 Å². The highest BCUT2D eigenvalue weighted by atomic mass is 16.5. The zero-order valence-corrected chi connectivity index (χ0v) is 15.0. The highest BCUT2D eigenvalue weighted by Crippen LogP contribution is 2.30. The molecular weight excluding hydrogens is 332 g/mol. The number of ether oxygens (including phenoxy) is 1. The molecule has 2 aliphatic rings. The number of methoxy groups -OCH3 is 1. The SMILES string of the molecule is COc1ccccc1-n1c2c(c(=O)[nH]c1=O)CN(C1CCCCC1)CN2. The van der Waals surface area contributed by atoms with Crippen LogP contribution in [0, 0.1) is 0 Å². The van der Waals surface area contributed by atoms with Gasteiger partial charge in [-0.05, 0) is 25.0 Å². The van der Waals surface area contributed by atoms with E-state index in [9.17, 15) is 9.59 Å². The number of para-hydroxylation sites is 2. The van der Waals surface area contributed by atoms with E-state index in [0.29, 0.717) is 42.1 Å². The predicted octanol–water partition coefficient (Wildman–Crippen LogP) is 2.05. The van der Waals surface area contributed by atoms with Gasteiger partial charge < -0.3 is 10.1 Å². The Bertz CT molecular complexity index is 912. The van der Waals surface area contributed by atoms with Crippen molar-refractivity contribution in [3.63, 3.8) is 0 Å². The van der Waals surface area contributed by atoms with Crippen LogP contribution >= 0.6 is 0 Å². The summed E-state index contributed by atoms with van der Waals surface area (Å²) in [5.41, 5.74) is 0.444. The van der Waals surface area contributed by atoms with E-state index in [4.69, 9.17) is 4.74 Å². The van der Waals surface area contributed by atoms with Crippen LogP contribution < -0.4 is 21.3 Å². The number of nitrogens with one attached hydrogen (secondary N) is 2. The maximum atomic E-state index is 12.6. The number of aromatic amines is 1. The van der Waals surface area contributed by atoms with E-state index in [1.165, 1.54) is 36.7 Å². The normalized spacial score (nSPS) is 18.2. The molecule has 2 aromatic rings. The zero-order chi connectivity index (χ0) is 18.1. The molecule has 0 amide bonds. The highest BCUT2D eigenvalue weighted by molar-refractivity contribution is 5.56. The van der Waals surface area contributed by atoms with Gasteiger partial charge in [0.15, 0.2) is 0 Å². The molecule has 1 aromatic heterocycles. The number of fused-ring (bicyclic) bond motifs is 1. The summed E-state index contributed by atoms with van der Waals surface area (Å²) in [6.45, 7) is 1.19. The van der Waals surface area contributed by atoms with Crippen molar-refractivity contribution in [2.24, 2.45) is 0 Å². The lowest BCUT2D eigenvalue weighted by atomic mass is 9.94. The third-order valence-corrected chi connectivity index (χ3v) is 5.44. The van der Waals surface area contributed by atoms with E-state index >= 15 is 0 Å². The number of hydrogen-bond acceptors (Lipinski definition) is 5.